The summed E-state index contributed by atoms with van der Waals surface area (Å²) in [4.78, 5) is 0. The molecule has 0 aromatic heterocycles. The van der Waals surface area contributed by atoms with Crippen LogP contribution in [0.15, 0.2) is 0 Å². The SMILES string of the molecule is CCCCCCC(C)OC1CC(C)CCC1C#N. The molecule has 1 aliphatic carbocycles. The monoisotopic (exact) mass is 251 g/mol. The van der Waals surface area contributed by atoms with E-state index in [1.165, 1.54) is 32.1 Å². The average Bonchev–Trinajstić information content (AvgIpc) is 2.35. The van der Waals surface area contributed by atoms with E-state index in [4.69, 9.17) is 4.74 Å². The maximum absolute atomic E-state index is 9.18. The van der Waals surface area contributed by atoms with Gasteiger partial charge >= 0.3 is 0 Å². The van der Waals surface area contributed by atoms with E-state index in [0.29, 0.717) is 12.0 Å². The average molecular weight is 251 g/mol. The number of rotatable bonds is 7. The van der Waals surface area contributed by atoms with E-state index in [1.807, 2.05) is 0 Å². The van der Waals surface area contributed by atoms with Crippen LogP contribution in [-0.2, 0) is 4.74 Å². The van der Waals surface area contributed by atoms with Crippen molar-refractivity contribution >= 4 is 0 Å². The Kier molecular flexibility index (Phi) is 7.35. The van der Waals surface area contributed by atoms with Crippen LogP contribution in [0.2, 0.25) is 0 Å². The van der Waals surface area contributed by atoms with Crippen molar-refractivity contribution in [1.82, 2.24) is 0 Å². The van der Waals surface area contributed by atoms with E-state index in [-0.39, 0.29) is 12.0 Å². The van der Waals surface area contributed by atoms with Crippen LogP contribution in [0.5, 0.6) is 0 Å². The second kappa shape index (κ2) is 8.53. The first kappa shape index (κ1) is 15.5. The number of hydrogen-bond acceptors (Lipinski definition) is 2. The highest BCUT2D eigenvalue weighted by atomic mass is 16.5. The molecule has 1 aliphatic rings. The second-order valence-corrected chi connectivity index (χ2v) is 5.99. The number of unbranched alkanes of at least 4 members (excludes halogenated alkanes) is 3. The van der Waals surface area contributed by atoms with Gasteiger partial charge in [0.25, 0.3) is 0 Å². The molecule has 0 radical (unpaired) electrons. The van der Waals surface area contributed by atoms with Gasteiger partial charge in [0, 0.05) is 0 Å². The van der Waals surface area contributed by atoms with Gasteiger partial charge in [-0.2, -0.15) is 5.26 Å². The first-order valence-corrected chi connectivity index (χ1v) is 7.72. The van der Waals surface area contributed by atoms with E-state index in [1.54, 1.807) is 0 Å². The topological polar surface area (TPSA) is 33.0 Å². The molecule has 104 valence electrons. The number of nitriles is 1. The lowest BCUT2D eigenvalue weighted by Crippen LogP contribution is -2.33. The minimum absolute atomic E-state index is 0.124. The van der Waals surface area contributed by atoms with Crippen molar-refractivity contribution < 1.29 is 4.74 Å². The maximum atomic E-state index is 9.18. The maximum Gasteiger partial charge on any atom is 0.0739 e. The summed E-state index contributed by atoms with van der Waals surface area (Å²) in [5.74, 6) is 0.839. The molecule has 0 N–H and O–H groups in total. The van der Waals surface area contributed by atoms with E-state index < -0.39 is 0 Å². The van der Waals surface area contributed by atoms with Gasteiger partial charge < -0.3 is 4.74 Å². The molecule has 1 fully saturated rings. The van der Waals surface area contributed by atoms with Crippen molar-refractivity contribution in [3.63, 3.8) is 0 Å². The second-order valence-electron chi connectivity index (χ2n) is 5.99. The van der Waals surface area contributed by atoms with Crippen LogP contribution in [-0.4, -0.2) is 12.2 Å². The number of ether oxygens (including phenoxy) is 1. The first-order valence-electron chi connectivity index (χ1n) is 7.72. The molecule has 1 saturated carbocycles. The van der Waals surface area contributed by atoms with E-state index in [0.717, 1.165) is 19.3 Å². The van der Waals surface area contributed by atoms with E-state index in [9.17, 15) is 5.26 Å². The smallest absolute Gasteiger partial charge is 0.0739 e. The van der Waals surface area contributed by atoms with E-state index >= 15 is 0 Å². The van der Waals surface area contributed by atoms with Gasteiger partial charge in [-0.25, -0.2) is 0 Å². The van der Waals surface area contributed by atoms with Gasteiger partial charge in [-0.3, -0.25) is 0 Å². The molecule has 0 aromatic rings. The summed E-state index contributed by atoms with van der Waals surface area (Å²) < 4.78 is 6.12. The van der Waals surface area contributed by atoms with Gasteiger partial charge in [0.2, 0.25) is 0 Å². The molecule has 0 aromatic carbocycles. The van der Waals surface area contributed by atoms with E-state index in [2.05, 4.69) is 26.8 Å². The van der Waals surface area contributed by atoms with Crippen LogP contribution < -0.4 is 0 Å². The Morgan fingerprint density at radius 3 is 2.72 bits per heavy atom. The summed E-state index contributed by atoms with van der Waals surface area (Å²) in [5, 5.41) is 9.18. The summed E-state index contributed by atoms with van der Waals surface area (Å²) in [7, 11) is 0. The Bertz CT molecular complexity index is 258. The van der Waals surface area contributed by atoms with Gasteiger partial charge in [0.15, 0.2) is 0 Å². The van der Waals surface area contributed by atoms with Gasteiger partial charge in [0.1, 0.15) is 0 Å². The zero-order valence-corrected chi connectivity index (χ0v) is 12.3. The fourth-order valence-corrected chi connectivity index (χ4v) is 2.85. The predicted octanol–water partition coefficient (Wildman–Crippen LogP) is 4.69. The van der Waals surface area contributed by atoms with Crippen LogP contribution in [0.3, 0.4) is 0 Å². The van der Waals surface area contributed by atoms with Gasteiger partial charge in [0.05, 0.1) is 24.2 Å². The Balaban J connectivity index is 2.27. The minimum Gasteiger partial charge on any atom is -0.374 e. The highest BCUT2D eigenvalue weighted by Crippen LogP contribution is 2.31. The third kappa shape index (κ3) is 5.40. The quantitative estimate of drug-likeness (QED) is 0.615. The lowest BCUT2D eigenvalue weighted by molar-refractivity contribution is -0.0523. The summed E-state index contributed by atoms with van der Waals surface area (Å²) in [6, 6.07) is 2.43. The third-order valence-electron chi connectivity index (χ3n) is 4.09. The van der Waals surface area contributed by atoms with Crippen molar-refractivity contribution in [3.8, 4) is 6.07 Å². The summed E-state index contributed by atoms with van der Waals surface area (Å²) >= 11 is 0. The molecule has 18 heavy (non-hydrogen) atoms. The van der Waals surface area contributed by atoms with Crippen LogP contribution in [0.1, 0.15) is 72.1 Å². The zero-order chi connectivity index (χ0) is 13.4. The lowest BCUT2D eigenvalue weighted by atomic mass is 9.81. The molecule has 0 amide bonds. The van der Waals surface area contributed by atoms with Crippen LogP contribution in [0.25, 0.3) is 0 Å². The minimum atomic E-state index is 0.124. The molecule has 0 spiro atoms. The van der Waals surface area contributed by atoms with Crippen molar-refractivity contribution in [1.29, 1.82) is 5.26 Å². The van der Waals surface area contributed by atoms with Crippen LogP contribution >= 0.6 is 0 Å². The van der Waals surface area contributed by atoms with Gasteiger partial charge in [-0.1, -0.05) is 39.5 Å². The normalized spacial score (nSPS) is 29.8. The van der Waals surface area contributed by atoms with Gasteiger partial charge in [-0.05, 0) is 38.5 Å². The van der Waals surface area contributed by atoms with Crippen LogP contribution in [0, 0.1) is 23.2 Å². The molecular formula is C16H29NO. The van der Waals surface area contributed by atoms with Crippen molar-refractivity contribution in [3.05, 3.63) is 0 Å². The number of nitrogens with zero attached hydrogens (tertiary/aromatic N) is 1. The van der Waals surface area contributed by atoms with Crippen molar-refractivity contribution in [2.45, 2.75) is 84.3 Å². The van der Waals surface area contributed by atoms with Crippen molar-refractivity contribution in [2.24, 2.45) is 11.8 Å². The Labute approximate surface area is 113 Å². The summed E-state index contributed by atoms with van der Waals surface area (Å²) in [6.45, 7) is 6.68. The Morgan fingerprint density at radius 2 is 2.06 bits per heavy atom. The Hall–Kier alpha value is -0.550. The fraction of sp³-hybridized carbons (Fsp3) is 0.938. The van der Waals surface area contributed by atoms with Crippen LogP contribution in [0.4, 0.5) is 0 Å². The van der Waals surface area contributed by atoms with Gasteiger partial charge in [-0.15, -0.1) is 0 Å². The predicted molar refractivity (Wildman–Crippen MR) is 75.2 cm³/mol. The molecule has 0 heterocycles. The molecular weight excluding hydrogens is 222 g/mol. The molecule has 0 aliphatic heterocycles. The molecule has 0 saturated heterocycles. The molecule has 4 atom stereocenters. The molecule has 2 nitrogen and oxygen atoms in total. The standard InChI is InChI=1S/C16H29NO/c1-4-5-6-7-8-14(3)18-16-11-13(2)9-10-15(16)12-17/h13-16H,4-11H2,1-3H3. The third-order valence-corrected chi connectivity index (χ3v) is 4.09. The lowest BCUT2D eigenvalue weighted by Gasteiger charge is -2.33. The summed E-state index contributed by atoms with van der Waals surface area (Å²) in [5.41, 5.74) is 0. The largest absolute Gasteiger partial charge is 0.374 e. The molecule has 0 bridgehead atoms. The molecule has 4 unspecified atom stereocenters. The summed E-state index contributed by atoms with van der Waals surface area (Å²) in [6.07, 6.45) is 10.1. The molecule has 1 rings (SSSR count). The highest BCUT2D eigenvalue weighted by molar-refractivity contribution is 4.93. The molecule has 2 heteroatoms. The Morgan fingerprint density at radius 1 is 1.28 bits per heavy atom. The fourth-order valence-electron chi connectivity index (χ4n) is 2.85. The zero-order valence-electron chi connectivity index (χ0n) is 12.3. The van der Waals surface area contributed by atoms with Crippen molar-refractivity contribution in [2.75, 3.05) is 0 Å². The first-order chi connectivity index (χ1) is 8.67. The highest BCUT2D eigenvalue weighted by Gasteiger charge is 2.30. The number of hydrogen-bond donors (Lipinski definition) is 0.